The standard InChI is InChI=1S/C7H13FN2O2/c8-1-5-7(2-10-3-7)4-11-6(9)12-5/h5-6,10H,1-4,9H2. The van der Waals surface area contributed by atoms with Gasteiger partial charge in [-0.05, 0) is 0 Å². The Labute approximate surface area is 70.2 Å². The second kappa shape index (κ2) is 2.92. The van der Waals surface area contributed by atoms with Crippen LogP contribution in [0, 0.1) is 5.41 Å². The molecule has 0 aromatic heterocycles. The molecule has 0 aliphatic carbocycles. The number of ether oxygens (including phenoxy) is 2. The molecule has 1 spiro atoms. The molecule has 5 heteroatoms. The van der Waals surface area contributed by atoms with Gasteiger partial charge in [0.25, 0.3) is 0 Å². The minimum absolute atomic E-state index is 0.162. The van der Waals surface area contributed by atoms with Gasteiger partial charge in [-0.1, -0.05) is 0 Å². The van der Waals surface area contributed by atoms with Gasteiger partial charge in [0, 0.05) is 18.5 Å². The van der Waals surface area contributed by atoms with Crippen LogP contribution in [0.25, 0.3) is 0 Å². The van der Waals surface area contributed by atoms with E-state index in [0.717, 1.165) is 13.1 Å². The predicted molar refractivity (Wildman–Crippen MR) is 40.1 cm³/mol. The molecule has 2 heterocycles. The molecule has 0 radical (unpaired) electrons. The first kappa shape index (κ1) is 8.37. The largest absolute Gasteiger partial charge is 0.339 e. The normalized spacial score (nSPS) is 39.5. The molecule has 2 atom stereocenters. The van der Waals surface area contributed by atoms with E-state index in [0.29, 0.717) is 6.61 Å². The third-order valence-electron chi connectivity index (χ3n) is 2.61. The molecule has 0 amide bonds. The highest BCUT2D eigenvalue weighted by Crippen LogP contribution is 2.33. The lowest BCUT2D eigenvalue weighted by molar-refractivity contribution is -0.277. The number of hydrogen-bond acceptors (Lipinski definition) is 4. The van der Waals surface area contributed by atoms with Crippen LogP contribution in [0.15, 0.2) is 0 Å². The quantitative estimate of drug-likeness (QED) is 0.549. The molecule has 4 nitrogen and oxygen atoms in total. The van der Waals surface area contributed by atoms with Crippen LogP contribution in [0.4, 0.5) is 4.39 Å². The Morgan fingerprint density at radius 2 is 2.33 bits per heavy atom. The summed E-state index contributed by atoms with van der Waals surface area (Å²) >= 11 is 0. The van der Waals surface area contributed by atoms with E-state index in [1.165, 1.54) is 0 Å². The molecule has 0 aromatic carbocycles. The summed E-state index contributed by atoms with van der Waals surface area (Å²) in [5.41, 5.74) is 5.21. The predicted octanol–water partition coefficient (Wildman–Crippen LogP) is -0.797. The van der Waals surface area contributed by atoms with Crippen molar-refractivity contribution < 1.29 is 13.9 Å². The Hall–Kier alpha value is -0.230. The lowest BCUT2D eigenvalue weighted by Gasteiger charge is -2.50. The Balaban J connectivity index is 2.03. The first-order valence-electron chi connectivity index (χ1n) is 4.06. The van der Waals surface area contributed by atoms with E-state index in [-0.39, 0.29) is 5.41 Å². The first-order chi connectivity index (χ1) is 5.77. The highest BCUT2D eigenvalue weighted by Gasteiger charge is 2.49. The third-order valence-corrected chi connectivity index (χ3v) is 2.61. The van der Waals surface area contributed by atoms with E-state index < -0.39 is 19.2 Å². The third kappa shape index (κ3) is 1.13. The maximum absolute atomic E-state index is 12.5. The van der Waals surface area contributed by atoms with Gasteiger partial charge in [0.05, 0.1) is 6.61 Å². The van der Waals surface area contributed by atoms with Crippen LogP contribution in [0.3, 0.4) is 0 Å². The SMILES string of the molecule is NC1OCC2(CNC2)C(CF)O1. The summed E-state index contributed by atoms with van der Waals surface area (Å²) in [5.74, 6) is 0. The zero-order valence-electron chi connectivity index (χ0n) is 6.75. The molecular weight excluding hydrogens is 163 g/mol. The Morgan fingerprint density at radius 1 is 1.58 bits per heavy atom. The zero-order valence-corrected chi connectivity index (χ0v) is 6.75. The lowest BCUT2D eigenvalue weighted by atomic mass is 9.77. The van der Waals surface area contributed by atoms with Crippen molar-refractivity contribution in [3.8, 4) is 0 Å². The van der Waals surface area contributed by atoms with Gasteiger partial charge in [0.1, 0.15) is 12.8 Å². The zero-order chi connectivity index (χ0) is 8.60. The second-order valence-corrected chi connectivity index (χ2v) is 3.42. The van der Waals surface area contributed by atoms with E-state index in [2.05, 4.69) is 5.32 Å². The minimum atomic E-state index is -0.753. The molecule has 2 aliphatic heterocycles. The van der Waals surface area contributed by atoms with Crippen molar-refractivity contribution in [2.45, 2.75) is 12.5 Å². The summed E-state index contributed by atoms with van der Waals surface area (Å²) in [5, 5.41) is 3.08. The van der Waals surface area contributed by atoms with Gasteiger partial charge in [-0.2, -0.15) is 0 Å². The Kier molecular flexibility index (Phi) is 2.04. The summed E-state index contributed by atoms with van der Waals surface area (Å²) < 4.78 is 22.8. The molecule has 2 aliphatic rings. The monoisotopic (exact) mass is 176 g/mol. The van der Waals surface area contributed by atoms with Crippen LogP contribution < -0.4 is 11.1 Å². The first-order valence-corrected chi connectivity index (χ1v) is 4.06. The molecule has 0 saturated carbocycles. The van der Waals surface area contributed by atoms with Crippen molar-refractivity contribution in [2.24, 2.45) is 11.1 Å². The number of hydrogen-bond donors (Lipinski definition) is 2. The van der Waals surface area contributed by atoms with E-state index in [1.807, 2.05) is 0 Å². The Morgan fingerprint density at radius 3 is 2.83 bits per heavy atom. The molecule has 0 bridgehead atoms. The summed E-state index contributed by atoms with van der Waals surface area (Å²) in [6.45, 7) is 1.52. The Bertz CT molecular complexity index is 175. The molecule has 2 fully saturated rings. The van der Waals surface area contributed by atoms with Crippen molar-refractivity contribution in [2.75, 3.05) is 26.4 Å². The molecule has 12 heavy (non-hydrogen) atoms. The van der Waals surface area contributed by atoms with E-state index >= 15 is 0 Å². The molecule has 2 rings (SSSR count). The van der Waals surface area contributed by atoms with Crippen LogP contribution in [0.1, 0.15) is 0 Å². The summed E-state index contributed by atoms with van der Waals surface area (Å²) in [7, 11) is 0. The number of halogens is 1. The van der Waals surface area contributed by atoms with Gasteiger partial charge in [-0.15, -0.1) is 0 Å². The van der Waals surface area contributed by atoms with Crippen molar-refractivity contribution in [1.29, 1.82) is 0 Å². The summed E-state index contributed by atoms with van der Waals surface area (Å²) in [4.78, 5) is 0. The fraction of sp³-hybridized carbons (Fsp3) is 1.00. The van der Waals surface area contributed by atoms with Crippen LogP contribution in [-0.4, -0.2) is 38.9 Å². The van der Waals surface area contributed by atoms with Gasteiger partial charge in [-0.25, -0.2) is 4.39 Å². The highest BCUT2D eigenvalue weighted by atomic mass is 19.1. The average molecular weight is 176 g/mol. The van der Waals surface area contributed by atoms with Crippen molar-refractivity contribution in [3.63, 3.8) is 0 Å². The van der Waals surface area contributed by atoms with Gasteiger partial charge in [0.2, 0.25) is 6.41 Å². The van der Waals surface area contributed by atoms with Gasteiger partial charge in [-0.3, -0.25) is 5.73 Å². The van der Waals surface area contributed by atoms with E-state index in [1.54, 1.807) is 0 Å². The highest BCUT2D eigenvalue weighted by molar-refractivity contribution is 4.99. The molecule has 2 saturated heterocycles. The molecule has 2 unspecified atom stereocenters. The van der Waals surface area contributed by atoms with Crippen LogP contribution in [0.5, 0.6) is 0 Å². The minimum Gasteiger partial charge on any atom is -0.339 e. The van der Waals surface area contributed by atoms with Gasteiger partial charge in [0.15, 0.2) is 0 Å². The number of rotatable bonds is 1. The molecular formula is C7H13FN2O2. The second-order valence-electron chi connectivity index (χ2n) is 3.42. The summed E-state index contributed by atoms with van der Waals surface area (Å²) in [6, 6.07) is 0. The number of nitrogens with two attached hydrogens (primary N) is 1. The van der Waals surface area contributed by atoms with E-state index in [9.17, 15) is 4.39 Å². The number of alkyl halides is 1. The fourth-order valence-corrected chi connectivity index (χ4v) is 1.66. The van der Waals surface area contributed by atoms with E-state index in [4.69, 9.17) is 15.2 Å². The van der Waals surface area contributed by atoms with Crippen molar-refractivity contribution in [3.05, 3.63) is 0 Å². The molecule has 0 aromatic rings. The molecule has 3 N–H and O–H groups in total. The van der Waals surface area contributed by atoms with Crippen LogP contribution in [0.2, 0.25) is 0 Å². The maximum Gasteiger partial charge on any atom is 0.213 e. The van der Waals surface area contributed by atoms with Crippen LogP contribution >= 0.6 is 0 Å². The maximum atomic E-state index is 12.5. The number of nitrogens with one attached hydrogen (secondary N) is 1. The smallest absolute Gasteiger partial charge is 0.213 e. The average Bonchev–Trinajstić information content (AvgIpc) is 2.01. The van der Waals surface area contributed by atoms with Gasteiger partial charge >= 0.3 is 0 Å². The molecule has 70 valence electrons. The van der Waals surface area contributed by atoms with Crippen molar-refractivity contribution in [1.82, 2.24) is 5.32 Å². The lowest BCUT2D eigenvalue weighted by Crippen LogP contribution is -2.67. The summed E-state index contributed by atoms with van der Waals surface area (Å²) in [6.07, 6.45) is -1.15. The van der Waals surface area contributed by atoms with Crippen molar-refractivity contribution >= 4 is 0 Å². The van der Waals surface area contributed by atoms with Gasteiger partial charge < -0.3 is 14.8 Å². The van der Waals surface area contributed by atoms with Crippen LogP contribution in [-0.2, 0) is 9.47 Å². The fourth-order valence-electron chi connectivity index (χ4n) is 1.66. The topological polar surface area (TPSA) is 56.5 Å².